The van der Waals surface area contributed by atoms with Crippen molar-refractivity contribution in [1.82, 2.24) is 0 Å². The van der Waals surface area contributed by atoms with Crippen LogP contribution in [0.15, 0.2) is 24.3 Å². The third-order valence-electron chi connectivity index (χ3n) is 3.80. The second kappa shape index (κ2) is 6.24. The summed E-state index contributed by atoms with van der Waals surface area (Å²) in [6, 6.07) is 9.05. The minimum absolute atomic E-state index is 0.183. The molecule has 1 aromatic carbocycles. The van der Waals surface area contributed by atoms with Crippen LogP contribution in [0.5, 0.6) is 0 Å². The highest BCUT2D eigenvalue weighted by molar-refractivity contribution is 5.48. The standard InChI is InChI=1S/C16H26N2/c1-3-11-18(12-13-5-6-13)15-9-7-14(8-10-15)16(17)4-2/h7-10,13,16H,3-6,11-12,17H2,1-2H3/t16-/m0/s1. The molecule has 1 atom stereocenters. The van der Waals surface area contributed by atoms with Gasteiger partial charge in [0.05, 0.1) is 0 Å². The molecule has 0 heterocycles. The Hall–Kier alpha value is -1.02. The molecule has 2 nitrogen and oxygen atoms in total. The van der Waals surface area contributed by atoms with Gasteiger partial charge in [-0.1, -0.05) is 26.0 Å². The summed E-state index contributed by atoms with van der Waals surface area (Å²) in [5, 5.41) is 0. The first-order valence-electron chi connectivity index (χ1n) is 7.35. The molecular weight excluding hydrogens is 220 g/mol. The lowest BCUT2D eigenvalue weighted by Gasteiger charge is -2.25. The Morgan fingerprint density at radius 2 is 1.89 bits per heavy atom. The van der Waals surface area contributed by atoms with Crippen molar-refractivity contribution in [3.05, 3.63) is 29.8 Å². The van der Waals surface area contributed by atoms with Crippen LogP contribution in [0.2, 0.25) is 0 Å². The van der Waals surface area contributed by atoms with Gasteiger partial charge in [-0.2, -0.15) is 0 Å². The van der Waals surface area contributed by atoms with Crippen molar-refractivity contribution in [1.29, 1.82) is 0 Å². The van der Waals surface area contributed by atoms with Gasteiger partial charge in [0.25, 0.3) is 0 Å². The van der Waals surface area contributed by atoms with Crippen molar-refractivity contribution in [3.8, 4) is 0 Å². The Bertz CT molecular complexity index is 354. The van der Waals surface area contributed by atoms with Gasteiger partial charge >= 0.3 is 0 Å². The number of hydrogen-bond donors (Lipinski definition) is 1. The molecule has 1 aliphatic carbocycles. The Balaban J connectivity index is 2.04. The number of hydrogen-bond acceptors (Lipinski definition) is 2. The molecule has 2 heteroatoms. The molecule has 1 aromatic rings. The van der Waals surface area contributed by atoms with E-state index in [2.05, 4.69) is 43.0 Å². The molecular formula is C16H26N2. The van der Waals surface area contributed by atoms with Crippen molar-refractivity contribution >= 4 is 5.69 Å². The summed E-state index contributed by atoms with van der Waals surface area (Å²) in [4.78, 5) is 2.53. The zero-order chi connectivity index (χ0) is 13.0. The first-order chi connectivity index (χ1) is 8.74. The third kappa shape index (κ3) is 3.49. The predicted octanol–water partition coefficient (Wildman–Crippen LogP) is 3.72. The van der Waals surface area contributed by atoms with Gasteiger partial charge in [0.1, 0.15) is 0 Å². The zero-order valence-electron chi connectivity index (χ0n) is 11.7. The molecule has 1 fully saturated rings. The molecule has 0 amide bonds. The van der Waals surface area contributed by atoms with E-state index in [-0.39, 0.29) is 6.04 Å². The van der Waals surface area contributed by atoms with Gasteiger partial charge in [-0.05, 0) is 49.3 Å². The average molecular weight is 246 g/mol. The highest BCUT2D eigenvalue weighted by Crippen LogP contribution is 2.31. The van der Waals surface area contributed by atoms with Crippen LogP contribution in [0.1, 0.15) is 51.1 Å². The maximum Gasteiger partial charge on any atom is 0.0366 e. The van der Waals surface area contributed by atoms with Gasteiger partial charge in [0.2, 0.25) is 0 Å². The van der Waals surface area contributed by atoms with Crippen LogP contribution in [-0.2, 0) is 0 Å². The molecule has 0 radical (unpaired) electrons. The molecule has 18 heavy (non-hydrogen) atoms. The summed E-state index contributed by atoms with van der Waals surface area (Å²) in [6.07, 6.45) is 5.04. The van der Waals surface area contributed by atoms with Gasteiger partial charge in [0.15, 0.2) is 0 Å². The lowest BCUT2D eigenvalue weighted by molar-refractivity contribution is 0.694. The molecule has 0 spiro atoms. The zero-order valence-corrected chi connectivity index (χ0v) is 11.7. The Morgan fingerprint density at radius 1 is 1.22 bits per heavy atom. The fraction of sp³-hybridized carbons (Fsp3) is 0.625. The van der Waals surface area contributed by atoms with Crippen molar-refractivity contribution in [3.63, 3.8) is 0 Å². The highest BCUT2D eigenvalue weighted by atomic mass is 15.1. The lowest BCUT2D eigenvalue weighted by atomic mass is 10.0. The number of benzene rings is 1. The number of nitrogens with two attached hydrogens (primary N) is 1. The molecule has 0 aliphatic heterocycles. The van der Waals surface area contributed by atoms with Gasteiger partial charge in [-0.25, -0.2) is 0 Å². The highest BCUT2D eigenvalue weighted by Gasteiger charge is 2.24. The fourth-order valence-electron chi connectivity index (χ4n) is 2.38. The van der Waals surface area contributed by atoms with Crippen LogP contribution in [0.25, 0.3) is 0 Å². The summed E-state index contributed by atoms with van der Waals surface area (Å²) in [6.45, 7) is 6.78. The maximum absolute atomic E-state index is 6.06. The van der Waals surface area contributed by atoms with Crippen LogP contribution in [-0.4, -0.2) is 13.1 Å². The van der Waals surface area contributed by atoms with E-state index in [1.165, 1.54) is 37.1 Å². The maximum atomic E-state index is 6.06. The van der Waals surface area contributed by atoms with Crippen LogP contribution in [0.3, 0.4) is 0 Å². The molecule has 0 aromatic heterocycles. The van der Waals surface area contributed by atoms with Crippen LogP contribution >= 0.6 is 0 Å². The molecule has 0 unspecified atom stereocenters. The molecule has 100 valence electrons. The number of anilines is 1. The Morgan fingerprint density at radius 3 is 2.39 bits per heavy atom. The topological polar surface area (TPSA) is 29.3 Å². The second-order valence-corrected chi connectivity index (χ2v) is 5.50. The molecule has 2 N–H and O–H groups in total. The van der Waals surface area contributed by atoms with Crippen LogP contribution in [0.4, 0.5) is 5.69 Å². The summed E-state index contributed by atoms with van der Waals surface area (Å²) >= 11 is 0. The SMILES string of the molecule is CCCN(CC1CC1)c1ccc([C@@H](N)CC)cc1. The minimum Gasteiger partial charge on any atom is -0.371 e. The third-order valence-corrected chi connectivity index (χ3v) is 3.80. The normalized spacial score (nSPS) is 16.6. The summed E-state index contributed by atoms with van der Waals surface area (Å²) in [5.41, 5.74) is 8.67. The van der Waals surface area contributed by atoms with E-state index in [1.807, 2.05) is 0 Å². The van der Waals surface area contributed by atoms with E-state index in [0.29, 0.717) is 0 Å². The van der Waals surface area contributed by atoms with E-state index in [4.69, 9.17) is 5.73 Å². The second-order valence-electron chi connectivity index (χ2n) is 5.50. The van der Waals surface area contributed by atoms with Gasteiger partial charge < -0.3 is 10.6 Å². The minimum atomic E-state index is 0.183. The predicted molar refractivity (Wildman–Crippen MR) is 78.9 cm³/mol. The van der Waals surface area contributed by atoms with Gasteiger partial charge in [0, 0.05) is 24.8 Å². The van der Waals surface area contributed by atoms with Crippen molar-refractivity contribution in [2.24, 2.45) is 11.7 Å². The van der Waals surface area contributed by atoms with Gasteiger partial charge in [-0.3, -0.25) is 0 Å². The summed E-state index contributed by atoms with van der Waals surface area (Å²) in [7, 11) is 0. The average Bonchev–Trinajstić information content (AvgIpc) is 3.21. The molecule has 0 saturated heterocycles. The molecule has 1 saturated carbocycles. The number of nitrogens with zero attached hydrogens (tertiary/aromatic N) is 1. The summed E-state index contributed by atoms with van der Waals surface area (Å²) < 4.78 is 0. The van der Waals surface area contributed by atoms with Gasteiger partial charge in [-0.15, -0.1) is 0 Å². The summed E-state index contributed by atoms with van der Waals surface area (Å²) in [5.74, 6) is 0.939. The Kier molecular flexibility index (Phi) is 4.65. The fourth-order valence-corrected chi connectivity index (χ4v) is 2.38. The van der Waals surface area contributed by atoms with E-state index in [9.17, 15) is 0 Å². The van der Waals surface area contributed by atoms with Crippen LogP contribution in [0, 0.1) is 5.92 Å². The first-order valence-corrected chi connectivity index (χ1v) is 7.35. The molecule has 2 rings (SSSR count). The van der Waals surface area contributed by atoms with E-state index < -0.39 is 0 Å². The van der Waals surface area contributed by atoms with Crippen molar-refractivity contribution in [2.45, 2.75) is 45.6 Å². The van der Waals surface area contributed by atoms with E-state index in [0.717, 1.165) is 18.9 Å². The van der Waals surface area contributed by atoms with E-state index >= 15 is 0 Å². The van der Waals surface area contributed by atoms with E-state index in [1.54, 1.807) is 0 Å². The quantitative estimate of drug-likeness (QED) is 0.794. The van der Waals surface area contributed by atoms with Crippen LogP contribution < -0.4 is 10.6 Å². The molecule has 1 aliphatic rings. The lowest BCUT2D eigenvalue weighted by Crippen LogP contribution is -2.26. The molecule has 0 bridgehead atoms. The Labute approximate surface area is 111 Å². The van der Waals surface area contributed by atoms with Crippen molar-refractivity contribution in [2.75, 3.05) is 18.0 Å². The first kappa shape index (κ1) is 13.4. The smallest absolute Gasteiger partial charge is 0.0366 e. The van der Waals surface area contributed by atoms with Crippen molar-refractivity contribution < 1.29 is 0 Å². The monoisotopic (exact) mass is 246 g/mol. The number of rotatable bonds is 7. The largest absolute Gasteiger partial charge is 0.371 e.